The number of nitrogens with two attached hydrogens (primary N) is 1. The van der Waals surface area contributed by atoms with Crippen molar-refractivity contribution in [3.05, 3.63) is 23.8 Å². The average molecular weight is 267 g/mol. The number of fused-ring (bicyclic) bond motifs is 1. The number of anilines is 1. The monoisotopic (exact) mass is 267 g/mol. The molecule has 1 saturated heterocycles. The Morgan fingerprint density at radius 1 is 1.25 bits per heavy atom. The molecule has 1 unspecified atom stereocenters. The maximum Gasteiger partial charge on any atom is 0.201 e. The fraction of sp³-hybridized carbons (Fsp3) is 0.467. The second-order valence-electron chi connectivity index (χ2n) is 5.79. The van der Waals surface area contributed by atoms with Crippen molar-refractivity contribution in [3.63, 3.8) is 0 Å². The van der Waals surface area contributed by atoms with Gasteiger partial charge in [-0.15, -0.1) is 0 Å². The van der Waals surface area contributed by atoms with Crippen LogP contribution in [-0.4, -0.2) is 33.6 Å². The van der Waals surface area contributed by atoms with Gasteiger partial charge >= 0.3 is 0 Å². The Bertz CT molecular complexity index is 707. The summed E-state index contributed by atoms with van der Waals surface area (Å²) in [4.78, 5) is 6.97. The summed E-state index contributed by atoms with van der Waals surface area (Å²) in [6.07, 6.45) is 3.79. The molecule has 20 heavy (non-hydrogen) atoms. The Labute approximate surface area is 117 Å². The highest BCUT2D eigenvalue weighted by Crippen LogP contribution is 2.36. The lowest BCUT2D eigenvalue weighted by molar-refractivity contribution is 0.315. The number of nitrogens with zero attached hydrogens (tertiary/aromatic N) is 4. The number of hydrogen-bond acceptors (Lipinski definition) is 4. The molecule has 1 saturated carbocycles. The van der Waals surface area contributed by atoms with Crippen LogP contribution in [0.4, 0.5) is 5.95 Å². The van der Waals surface area contributed by atoms with Crippen LogP contribution in [0, 0.1) is 11.3 Å². The van der Waals surface area contributed by atoms with Gasteiger partial charge in [-0.1, -0.05) is 6.07 Å². The summed E-state index contributed by atoms with van der Waals surface area (Å²) in [5.41, 5.74) is 8.44. The molecule has 1 aliphatic heterocycles. The molecule has 4 rings (SSSR count). The van der Waals surface area contributed by atoms with Crippen LogP contribution >= 0.6 is 0 Å². The standard InChI is InChI=1S/C15H17N5/c16-8-10-2-1-3-13-14(10)18-15(17)20(13)12-6-7-19(9-12)11-4-5-11/h1-3,11-12H,4-7,9H2,(H2,17,18). The summed E-state index contributed by atoms with van der Waals surface area (Å²) in [6.45, 7) is 2.20. The van der Waals surface area contributed by atoms with Crippen LogP contribution in [-0.2, 0) is 0 Å². The molecule has 0 spiro atoms. The Kier molecular flexibility index (Phi) is 2.48. The van der Waals surface area contributed by atoms with Crippen molar-refractivity contribution >= 4 is 17.0 Å². The summed E-state index contributed by atoms with van der Waals surface area (Å²) in [6, 6.07) is 9.10. The smallest absolute Gasteiger partial charge is 0.201 e. The highest BCUT2D eigenvalue weighted by atomic mass is 15.3. The number of hydrogen-bond donors (Lipinski definition) is 1. The highest BCUT2D eigenvalue weighted by Gasteiger charge is 2.35. The van der Waals surface area contributed by atoms with E-state index in [1.54, 1.807) is 6.07 Å². The summed E-state index contributed by atoms with van der Waals surface area (Å²) in [7, 11) is 0. The van der Waals surface area contributed by atoms with Gasteiger partial charge in [-0.3, -0.25) is 4.90 Å². The zero-order valence-electron chi connectivity index (χ0n) is 11.3. The van der Waals surface area contributed by atoms with Crippen molar-refractivity contribution in [2.75, 3.05) is 18.8 Å². The zero-order chi connectivity index (χ0) is 13.7. The van der Waals surface area contributed by atoms with Gasteiger partial charge in [0.15, 0.2) is 0 Å². The topological polar surface area (TPSA) is 70.9 Å². The second-order valence-corrected chi connectivity index (χ2v) is 5.79. The van der Waals surface area contributed by atoms with E-state index in [1.807, 2.05) is 12.1 Å². The summed E-state index contributed by atoms with van der Waals surface area (Å²) in [5.74, 6) is 0.533. The number of aromatic nitrogens is 2. The number of likely N-dealkylation sites (tertiary alicyclic amines) is 1. The minimum Gasteiger partial charge on any atom is -0.369 e. The van der Waals surface area contributed by atoms with E-state index in [-0.39, 0.29) is 0 Å². The summed E-state index contributed by atoms with van der Waals surface area (Å²) in [5, 5.41) is 9.18. The fourth-order valence-corrected chi connectivity index (χ4v) is 3.36. The minimum absolute atomic E-state index is 0.384. The first-order valence-corrected chi connectivity index (χ1v) is 7.18. The third-order valence-corrected chi connectivity index (χ3v) is 4.49. The van der Waals surface area contributed by atoms with E-state index in [0.717, 1.165) is 36.6 Å². The van der Waals surface area contributed by atoms with Gasteiger partial charge in [-0.2, -0.15) is 5.26 Å². The van der Waals surface area contributed by atoms with E-state index in [2.05, 4.69) is 20.5 Å². The molecule has 2 heterocycles. The van der Waals surface area contributed by atoms with Gasteiger partial charge in [0, 0.05) is 19.1 Å². The first kappa shape index (κ1) is 11.7. The predicted octanol–water partition coefficient (Wildman–Crippen LogP) is 1.90. The van der Waals surface area contributed by atoms with Crippen molar-refractivity contribution in [1.29, 1.82) is 5.26 Å². The molecule has 2 fully saturated rings. The third-order valence-electron chi connectivity index (χ3n) is 4.49. The number of para-hydroxylation sites is 1. The molecule has 2 N–H and O–H groups in total. The zero-order valence-corrected chi connectivity index (χ0v) is 11.3. The molecule has 1 aliphatic carbocycles. The third kappa shape index (κ3) is 1.69. The van der Waals surface area contributed by atoms with Gasteiger partial charge in [0.05, 0.1) is 17.1 Å². The Balaban J connectivity index is 1.76. The van der Waals surface area contributed by atoms with Gasteiger partial charge in [-0.25, -0.2) is 4.98 Å². The molecule has 2 aromatic rings. The van der Waals surface area contributed by atoms with E-state index >= 15 is 0 Å². The molecule has 0 radical (unpaired) electrons. The lowest BCUT2D eigenvalue weighted by Crippen LogP contribution is -2.24. The lowest BCUT2D eigenvalue weighted by atomic mass is 10.2. The number of nitriles is 1. The maximum atomic E-state index is 9.18. The second kappa shape index (κ2) is 4.22. The van der Waals surface area contributed by atoms with Crippen molar-refractivity contribution < 1.29 is 0 Å². The van der Waals surface area contributed by atoms with Crippen LogP contribution < -0.4 is 5.73 Å². The number of nitrogen functional groups attached to an aromatic ring is 1. The molecule has 1 aromatic carbocycles. The van der Waals surface area contributed by atoms with Crippen LogP contribution in [0.3, 0.4) is 0 Å². The Morgan fingerprint density at radius 3 is 2.85 bits per heavy atom. The summed E-state index contributed by atoms with van der Waals surface area (Å²) < 4.78 is 2.12. The van der Waals surface area contributed by atoms with E-state index in [1.165, 1.54) is 12.8 Å². The lowest BCUT2D eigenvalue weighted by Gasteiger charge is -2.17. The van der Waals surface area contributed by atoms with Crippen LogP contribution in [0.25, 0.3) is 11.0 Å². The van der Waals surface area contributed by atoms with Gasteiger partial charge in [0.25, 0.3) is 0 Å². The molecule has 1 aromatic heterocycles. The van der Waals surface area contributed by atoms with E-state index in [4.69, 9.17) is 5.73 Å². The SMILES string of the molecule is N#Cc1cccc2c1nc(N)n2C1CCN(C2CC2)C1. The van der Waals surface area contributed by atoms with Crippen LogP contribution in [0.15, 0.2) is 18.2 Å². The number of imidazole rings is 1. The first-order valence-electron chi connectivity index (χ1n) is 7.18. The molecule has 102 valence electrons. The van der Waals surface area contributed by atoms with Gasteiger partial charge < -0.3 is 10.3 Å². The highest BCUT2D eigenvalue weighted by molar-refractivity contribution is 5.84. The molecule has 0 bridgehead atoms. The van der Waals surface area contributed by atoms with Gasteiger partial charge in [-0.05, 0) is 31.4 Å². The fourth-order valence-electron chi connectivity index (χ4n) is 3.36. The minimum atomic E-state index is 0.384. The largest absolute Gasteiger partial charge is 0.369 e. The predicted molar refractivity (Wildman–Crippen MR) is 77.1 cm³/mol. The van der Waals surface area contributed by atoms with Crippen molar-refractivity contribution in [2.24, 2.45) is 0 Å². The van der Waals surface area contributed by atoms with Crippen LogP contribution in [0.1, 0.15) is 30.9 Å². The molecule has 5 heteroatoms. The Morgan fingerprint density at radius 2 is 2.10 bits per heavy atom. The van der Waals surface area contributed by atoms with Gasteiger partial charge in [0.1, 0.15) is 11.6 Å². The van der Waals surface area contributed by atoms with Crippen LogP contribution in [0.5, 0.6) is 0 Å². The van der Waals surface area contributed by atoms with E-state index < -0.39 is 0 Å². The van der Waals surface area contributed by atoms with Crippen molar-refractivity contribution in [1.82, 2.24) is 14.5 Å². The number of benzene rings is 1. The van der Waals surface area contributed by atoms with Crippen molar-refractivity contribution in [2.45, 2.75) is 31.3 Å². The maximum absolute atomic E-state index is 9.18. The molecular formula is C15H17N5. The molecule has 5 nitrogen and oxygen atoms in total. The number of rotatable bonds is 2. The van der Waals surface area contributed by atoms with Crippen molar-refractivity contribution in [3.8, 4) is 6.07 Å². The average Bonchev–Trinajstić information content (AvgIpc) is 3.09. The quantitative estimate of drug-likeness (QED) is 0.902. The normalized spacial score (nSPS) is 23.2. The first-order chi connectivity index (χ1) is 9.78. The van der Waals surface area contributed by atoms with Crippen LogP contribution in [0.2, 0.25) is 0 Å². The molecular weight excluding hydrogens is 250 g/mol. The molecule has 0 amide bonds. The van der Waals surface area contributed by atoms with E-state index in [9.17, 15) is 5.26 Å². The van der Waals surface area contributed by atoms with Gasteiger partial charge in [0.2, 0.25) is 5.95 Å². The molecule has 1 atom stereocenters. The van der Waals surface area contributed by atoms with E-state index in [0.29, 0.717) is 17.6 Å². The summed E-state index contributed by atoms with van der Waals surface area (Å²) >= 11 is 0. The Hall–Kier alpha value is -2.06. The molecule has 2 aliphatic rings.